The fourth-order valence-corrected chi connectivity index (χ4v) is 3.71. The van der Waals surface area contributed by atoms with Crippen LogP contribution in [0.1, 0.15) is 12.8 Å². The quantitative estimate of drug-likeness (QED) is 0.720. The van der Waals surface area contributed by atoms with Crippen LogP contribution in [0, 0.1) is 0 Å². The number of rotatable bonds is 6. The minimum Gasteiger partial charge on any atom is -0.382 e. The highest BCUT2D eigenvalue weighted by molar-refractivity contribution is 5.81. The van der Waals surface area contributed by atoms with Crippen molar-refractivity contribution in [2.45, 2.75) is 18.9 Å². The number of nitrogens with zero attached hydrogens (tertiary/aromatic N) is 4. The minimum atomic E-state index is 0.302. The second-order valence-corrected chi connectivity index (χ2v) is 7.01. The summed E-state index contributed by atoms with van der Waals surface area (Å²) in [6, 6.07) is 8.11. The SMILES string of the molecule is COCCOC1CCN(c2nc3ccccc3nc2N2CCOCC2)CC1. The zero-order valence-electron chi connectivity index (χ0n) is 16.0. The molecule has 2 saturated heterocycles. The Morgan fingerprint density at radius 3 is 2.11 bits per heavy atom. The molecule has 7 nitrogen and oxygen atoms in total. The van der Waals surface area contributed by atoms with Crippen LogP contribution < -0.4 is 9.80 Å². The second-order valence-electron chi connectivity index (χ2n) is 7.01. The lowest BCUT2D eigenvalue weighted by Crippen LogP contribution is -2.41. The van der Waals surface area contributed by atoms with E-state index < -0.39 is 0 Å². The van der Waals surface area contributed by atoms with Crippen LogP contribution in [-0.4, -0.2) is 75.8 Å². The van der Waals surface area contributed by atoms with E-state index in [9.17, 15) is 0 Å². The average molecular weight is 372 g/mol. The highest BCUT2D eigenvalue weighted by atomic mass is 16.5. The topological polar surface area (TPSA) is 60.0 Å². The molecule has 146 valence electrons. The van der Waals surface area contributed by atoms with Crippen molar-refractivity contribution in [2.75, 3.05) is 69.5 Å². The summed E-state index contributed by atoms with van der Waals surface area (Å²) in [5.74, 6) is 1.97. The van der Waals surface area contributed by atoms with Gasteiger partial charge in [0.25, 0.3) is 0 Å². The second kappa shape index (κ2) is 8.82. The molecule has 3 heterocycles. The molecule has 27 heavy (non-hydrogen) atoms. The summed E-state index contributed by atoms with van der Waals surface area (Å²) < 4.78 is 16.5. The molecule has 0 amide bonds. The van der Waals surface area contributed by atoms with E-state index in [0.717, 1.165) is 74.9 Å². The summed E-state index contributed by atoms with van der Waals surface area (Å²) in [5, 5.41) is 0. The van der Waals surface area contributed by atoms with Crippen molar-refractivity contribution < 1.29 is 14.2 Å². The molecule has 2 aromatic rings. The summed E-state index contributed by atoms with van der Waals surface area (Å²) in [5.41, 5.74) is 1.89. The Balaban J connectivity index is 1.55. The van der Waals surface area contributed by atoms with Crippen LogP contribution in [0.2, 0.25) is 0 Å². The van der Waals surface area contributed by atoms with Gasteiger partial charge in [-0.1, -0.05) is 12.1 Å². The number of anilines is 2. The first-order chi connectivity index (χ1) is 13.3. The van der Waals surface area contributed by atoms with Gasteiger partial charge in [-0.15, -0.1) is 0 Å². The number of hydrogen-bond acceptors (Lipinski definition) is 7. The lowest BCUT2D eigenvalue weighted by Gasteiger charge is -2.36. The van der Waals surface area contributed by atoms with Crippen LogP contribution >= 0.6 is 0 Å². The molecular formula is C20H28N4O3. The number of piperidine rings is 1. The van der Waals surface area contributed by atoms with Crippen molar-refractivity contribution in [3.05, 3.63) is 24.3 Å². The monoisotopic (exact) mass is 372 g/mol. The van der Waals surface area contributed by atoms with Crippen LogP contribution in [0.25, 0.3) is 11.0 Å². The Labute approximate surface area is 160 Å². The van der Waals surface area contributed by atoms with E-state index in [4.69, 9.17) is 24.2 Å². The lowest BCUT2D eigenvalue weighted by molar-refractivity contribution is 0.00605. The van der Waals surface area contributed by atoms with Crippen molar-refractivity contribution in [3.63, 3.8) is 0 Å². The molecule has 1 aromatic carbocycles. The van der Waals surface area contributed by atoms with E-state index in [1.807, 2.05) is 24.3 Å². The molecule has 4 rings (SSSR count). The number of fused-ring (bicyclic) bond motifs is 1. The predicted octanol–water partition coefficient (Wildman–Crippen LogP) is 2.10. The maximum absolute atomic E-state index is 5.91. The number of ether oxygens (including phenoxy) is 3. The van der Waals surface area contributed by atoms with Crippen LogP contribution in [-0.2, 0) is 14.2 Å². The number of aromatic nitrogens is 2. The molecule has 0 radical (unpaired) electrons. The van der Waals surface area contributed by atoms with Gasteiger partial charge >= 0.3 is 0 Å². The van der Waals surface area contributed by atoms with Crippen molar-refractivity contribution in [1.82, 2.24) is 9.97 Å². The molecule has 0 unspecified atom stereocenters. The number of hydrogen-bond donors (Lipinski definition) is 0. The molecule has 2 aliphatic heterocycles. The van der Waals surface area contributed by atoms with Crippen molar-refractivity contribution in [3.8, 4) is 0 Å². The standard InChI is InChI=1S/C20H28N4O3/c1-25-14-15-27-16-6-8-23(9-7-16)19-20(24-10-12-26-13-11-24)22-18-5-3-2-4-17(18)21-19/h2-5,16H,6-15H2,1H3. The van der Waals surface area contributed by atoms with E-state index in [0.29, 0.717) is 19.3 Å². The van der Waals surface area contributed by atoms with Gasteiger partial charge in [0.1, 0.15) is 0 Å². The molecular weight excluding hydrogens is 344 g/mol. The minimum absolute atomic E-state index is 0.302. The Hall–Kier alpha value is -1.96. The molecule has 0 bridgehead atoms. The van der Waals surface area contributed by atoms with Crippen LogP contribution in [0.15, 0.2) is 24.3 Å². The summed E-state index contributed by atoms with van der Waals surface area (Å²) in [4.78, 5) is 14.6. The normalized spacial score (nSPS) is 19.0. The third kappa shape index (κ3) is 4.31. The maximum Gasteiger partial charge on any atom is 0.172 e. The van der Waals surface area contributed by atoms with Gasteiger partial charge in [0.15, 0.2) is 11.6 Å². The Bertz CT molecular complexity index is 743. The van der Waals surface area contributed by atoms with Crippen LogP contribution in [0.3, 0.4) is 0 Å². The Kier molecular flexibility index (Phi) is 6.01. The summed E-state index contributed by atoms with van der Waals surface area (Å²) in [6.45, 7) is 6.37. The average Bonchev–Trinajstić information content (AvgIpc) is 2.74. The van der Waals surface area contributed by atoms with Gasteiger partial charge in [-0.2, -0.15) is 0 Å². The van der Waals surface area contributed by atoms with Gasteiger partial charge in [-0.25, -0.2) is 9.97 Å². The Morgan fingerprint density at radius 1 is 0.926 bits per heavy atom. The van der Waals surface area contributed by atoms with Crippen molar-refractivity contribution in [2.24, 2.45) is 0 Å². The molecule has 2 fully saturated rings. The molecule has 2 aliphatic rings. The zero-order chi connectivity index (χ0) is 18.5. The van der Waals surface area contributed by atoms with Gasteiger partial charge in [0, 0.05) is 33.3 Å². The Morgan fingerprint density at radius 2 is 1.52 bits per heavy atom. The predicted molar refractivity (Wildman–Crippen MR) is 106 cm³/mol. The number of morpholine rings is 1. The van der Waals surface area contributed by atoms with Gasteiger partial charge in [-0.05, 0) is 25.0 Å². The number of para-hydroxylation sites is 2. The van der Waals surface area contributed by atoms with Gasteiger partial charge in [0.05, 0.1) is 43.6 Å². The number of benzene rings is 1. The highest BCUT2D eigenvalue weighted by Crippen LogP contribution is 2.31. The molecule has 7 heteroatoms. The van der Waals surface area contributed by atoms with E-state index in [1.165, 1.54) is 0 Å². The summed E-state index contributed by atoms with van der Waals surface area (Å²) in [6.07, 6.45) is 2.30. The van der Waals surface area contributed by atoms with Gasteiger partial charge in [-0.3, -0.25) is 0 Å². The van der Waals surface area contributed by atoms with Crippen LogP contribution in [0.4, 0.5) is 11.6 Å². The third-order valence-electron chi connectivity index (χ3n) is 5.23. The fourth-order valence-electron chi connectivity index (χ4n) is 3.71. The van der Waals surface area contributed by atoms with E-state index in [1.54, 1.807) is 7.11 Å². The van der Waals surface area contributed by atoms with Crippen molar-refractivity contribution in [1.29, 1.82) is 0 Å². The van der Waals surface area contributed by atoms with Crippen molar-refractivity contribution >= 4 is 22.7 Å². The smallest absolute Gasteiger partial charge is 0.172 e. The largest absolute Gasteiger partial charge is 0.382 e. The zero-order valence-corrected chi connectivity index (χ0v) is 16.0. The third-order valence-corrected chi connectivity index (χ3v) is 5.23. The number of methoxy groups -OCH3 is 1. The fraction of sp³-hybridized carbons (Fsp3) is 0.600. The van der Waals surface area contributed by atoms with Crippen LogP contribution in [0.5, 0.6) is 0 Å². The first kappa shape index (κ1) is 18.4. The molecule has 1 aromatic heterocycles. The summed E-state index contributed by atoms with van der Waals surface area (Å²) >= 11 is 0. The van der Waals surface area contributed by atoms with E-state index in [-0.39, 0.29) is 0 Å². The molecule has 0 aliphatic carbocycles. The first-order valence-corrected chi connectivity index (χ1v) is 9.80. The van der Waals surface area contributed by atoms with Gasteiger partial charge in [0.2, 0.25) is 0 Å². The maximum atomic E-state index is 5.91. The lowest BCUT2D eigenvalue weighted by atomic mass is 10.1. The summed E-state index contributed by atoms with van der Waals surface area (Å²) in [7, 11) is 1.71. The van der Waals surface area contributed by atoms with E-state index in [2.05, 4.69) is 9.80 Å². The van der Waals surface area contributed by atoms with Gasteiger partial charge < -0.3 is 24.0 Å². The van der Waals surface area contributed by atoms with E-state index >= 15 is 0 Å². The molecule has 0 atom stereocenters. The molecule has 0 N–H and O–H groups in total. The highest BCUT2D eigenvalue weighted by Gasteiger charge is 2.26. The first-order valence-electron chi connectivity index (χ1n) is 9.80. The molecule has 0 spiro atoms. The molecule has 0 saturated carbocycles.